The van der Waals surface area contributed by atoms with Crippen molar-refractivity contribution in [2.75, 3.05) is 0 Å². The van der Waals surface area contributed by atoms with Gasteiger partial charge < -0.3 is 5.32 Å². The smallest absolute Gasteiger partial charge is 0.0334 e. The minimum atomic E-state index is 0.266. The molecule has 0 aliphatic carbocycles. The van der Waals surface area contributed by atoms with Crippen molar-refractivity contribution in [3.05, 3.63) is 12.8 Å². The Balaban J connectivity index is 3.75. The van der Waals surface area contributed by atoms with E-state index in [1.807, 2.05) is 0 Å². The van der Waals surface area contributed by atoms with Crippen molar-refractivity contribution >= 4 is 0 Å². The number of nitrogens with one attached hydrogen (secondary N) is 1. The summed E-state index contributed by atoms with van der Waals surface area (Å²) >= 11 is 0. The summed E-state index contributed by atoms with van der Waals surface area (Å²) in [6.45, 7) is 10.2. The molecule has 0 aromatic rings. The van der Waals surface area contributed by atoms with Crippen molar-refractivity contribution < 1.29 is 0 Å². The van der Waals surface area contributed by atoms with Crippen molar-refractivity contribution in [1.29, 1.82) is 0 Å². The van der Waals surface area contributed by atoms with Crippen LogP contribution in [0.25, 0.3) is 0 Å². The summed E-state index contributed by atoms with van der Waals surface area (Å²) < 4.78 is 0. The van der Waals surface area contributed by atoms with Crippen molar-refractivity contribution in [1.82, 2.24) is 5.32 Å². The highest BCUT2D eigenvalue weighted by atomic mass is 14.9. The summed E-state index contributed by atoms with van der Waals surface area (Å²) in [6, 6.07) is 0. The molecule has 0 amide bonds. The van der Waals surface area contributed by atoms with E-state index < -0.39 is 0 Å². The zero-order valence-corrected chi connectivity index (χ0v) is 6.70. The van der Waals surface area contributed by atoms with Crippen molar-refractivity contribution in [2.24, 2.45) is 0 Å². The van der Waals surface area contributed by atoms with Crippen LogP contribution < -0.4 is 5.32 Å². The predicted octanol–water partition coefficient (Wildman–Crippen LogP) is 2.30. The lowest BCUT2D eigenvalue weighted by Gasteiger charge is -2.26. The Morgan fingerprint density at radius 3 is 2.00 bits per heavy atom. The summed E-state index contributed by atoms with van der Waals surface area (Å²) in [5, 5.41) is 3.22. The van der Waals surface area contributed by atoms with Crippen molar-refractivity contribution in [3.63, 3.8) is 0 Å². The summed E-state index contributed by atoms with van der Waals surface area (Å²) in [5.74, 6) is 0. The topological polar surface area (TPSA) is 12.0 Å². The molecular formula is C8H17N. The summed E-state index contributed by atoms with van der Waals surface area (Å²) in [7, 11) is 0. The maximum Gasteiger partial charge on any atom is 0.0334 e. The lowest BCUT2D eigenvalue weighted by molar-refractivity contribution is 0.375. The Labute approximate surface area is 58.2 Å². The average Bonchev–Trinajstić information content (AvgIpc) is 1.89. The van der Waals surface area contributed by atoms with Gasteiger partial charge in [0.05, 0.1) is 0 Å². The SMILES string of the molecule is C=CNC(C)(CC)CC. The Morgan fingerprint density at radius 1 is 1.44 bits per heavy atom. The van der Waals surface area contributed by atoms with Gasteiger partial charge in [0.1, 0.15) is 0 Å². The van der Waals surface area contributed by atoms with E-state index in [9.17, 15) is 0 Å². The Morgan fingerprint density at radius 2 is 1.89 bits per heavy atom. The molecule has 0 heterocycles. The first-order valence-electron chi connectivity index (χ1n) is 3.57. The van der Waals surface area contributed by atoms with Crippen LogP contribution in [0.3, 0.4) is 0 Å². The second-order valence-corrected chi connectivity index (χ2v) is 2.62. The Kier molecular flexibility index (Phi) is 3.36. The van der Waals surface area contributed by atoms with Crippen molar-refractivity contribution in [2.45, 2.75) is 39.2 Å². The third-order valence-corrected chi connectivity index (χ3v) is 2.01. The highest BCUT2D eigenvalue weighted by Gasteiger charge is 2.15. The second kappa shape index (κ2) is 3.54. The molecule has 1 N–H and O–H groups in total. The molecule has 1 heteroatoms. The van der Waals surface area contributed by atoms with Gasteiger partial charge in [-0.1, -0.05) is 20.4 Å². The molecule has 0 rings (SSSR count). The molecule has 0 aliphatic heterocycles. The van der Waals surface area contributed by atoms with E-state index in [2.05, 4.69) is 32.7 Å². The van der Waals surface area contributed by atoms with E-state index in [0.29, 0.717) is 0 Å². The Hall–Kier alpha value is -0.460. The van der Waals surface area contributed by atoms with Gasteiger partial charge >= 0.3 is 0 Å². The van der Waals surface area contributed by atoms with E-state index >= 15 is 0 Å². The molecule has 0 saturated carbocycles. The highest BCUT2D eigenvalue weighted by molar-refractivity contribution is 4.84. The van der Waals surface area contributed by atoms with E-state index in [0.717, 1.165) is 12.8 Å². The Bertz CT molecular complexity index is 82.6. The molecule has 0 aromatic carbocycles. The van der Waals surface area contributed by atoms with Crippen LogP contribution in [0.15, 0.2) is 12.8 Å². The van der Waals surface area contributed by atoms with Crippen LogP contribution >= 0.6 is 0 Å². The van der Waals surface area contributed by atoms with Gasteiger partial charge in [-0.3, -0.25) is 0 Å². The van der Waals surface area contributed by atoms with Gasteiger partial charge in [0, 0.05) is 5.54 Å². The third-order valence-electron chi connectivity index (χ3n) is 2.01. The molecule has 54 valence electrons. The van der Waals surface area contributed by atoms with E-state index in [-0.39, 0.29) is 5.54 Å². The summed E-state index contributed by atoms with van der Waals surface area (Å²) in [5.41, 5.74) is 0.266. The minimum absolute atomic E-state index is 0.266. The van der Waals surface area contributed by atoms with Crippen LogP contribution in [0.5, 0.6) is 0 Å². The summed E-state index contributed by atoms with van der Waals surface area (Å²) in [4.78, 5) is 0. The summed E-state index contributed by atoms with van der Waals surface area (Å²) in [6.07, 6.45) is 4.07. The third kappa shape index (κ3) is 2.54. The van der Waals surface area contributed by atoms with E-state index in [4.69, 9.17) is 0 Å². The van der Waals surface area contributed by atoms with Gasteiger partial charge in [-0.15, -0.1) is 0 Å². The van der Waals surface area contributed by atoms with Gasteiger partial charge in [-0.25, -0.2) is 0 Å². The van der Waals surface area contributed by atoms with Crippen LogP contribution in [0.1, 0.15) is 33.6 Å². The van der Waals surface area contributed by atoms with Crippen LogP contribution in [0.4, 0.5) is 0 Å². The fourth-order valence-corrected chi connectivity index (χ4v) is 0.701. The monoisotopic (exact) mass is 127 g/mol. The fraction of sp³-hybridized carbons (Fsp3) is 0.750. The van der Waals surface area contributed by atoms with E-state index in [1.165, 1.54) is 0 Å². The maximum atomic E-state index is 3.63. The molecule has 0 fully saturated rings. The van der Waals surface area contributed by atoms with Crippen molar-refractivity contribution in [3.8, 4) is 0 Å². The van der Waals surface area contributed by atoms with Gasteiger partial charge in [0.2, 0.25) is 0 Å². The molecule has 0 atom stereocenters. The zero-order valence-electron chi connectivity index (χ0n) is 6.70. The van der Waals surface area contributed by atoms with Gasteiger partial charge in [-0.2, -0.15) is 0 Å². The predicted molar refractivity (Wildman–Crippen MR) is 42.3 cm³/mol. The molecule has 1 nitrogen and oxygen atoms in total. The van der Waals surface area contributed by atoms with E-state index in [1.54, 1.807) is 6.20 Å². The molecule has 0 aromatic heterocycles. The van der Waals surface area contributed by atoms with Crippen LogP contribution in [0, 0.1) is 0 Å². The average molecular weight is 127 g/mol. The standard InChI is InChI=1S/C8H17N/c1-5-8(4,6-2)9-7-3/h7,9H,3,5-6H2,1-2,4H3. The first-order valence-corrected chi connectivity index (χ1v) is 3.57. The van der Waals surface area contributed by atoms with Gasteiger partial charge in [0.15, 0.2) is 0 Å². The van der Waals surface area contributed by atoms with Gasteiger partial charge in [0.25, 0.3) is 0 Å². The molecule has 9 heavy (non-hydrogen) atoms. The minimum Gasteiger partial charge on any atom is -0.386 e. The first-order chi connectivity index (χ1) is 4.18. The molecule has 0 bridgehead atoms. The van der Waals surface area contributed by atoms with Crippen LogP contribution in [-0.2, 0) is 0 Å². The fourth-order valence-electron chi connectivity index (χ4n) is 0.701. The van der Waals surface area contributed by atoms with Crippen LogP contribution in [0.2, 0.25) is 0 Å². The largest absolute Gasteiger partial charge is 0.386 e. The highest BCUT2D eigenvalue weighted by Crippen LogP contribution is 2.12. The number of hydrogen-bond acceptors (Lipinski definition) is 1. The quantitative estimate of drug-likeness (QED) is 0.611. The molecular weight excluding hydrogens is 110 g/mol. The lowest BCUT2D eigenvalue weighted by atomic mass is 9.96. The number of hydrogen-bond donors (Lipinski definition) is 1. The molecule has 0 unspecified atom stereocenters. The second-order valence-electron chi connectivity index (χ2n) is 2.62. The van der Waals surface area contributed by atoms with Crippen LogP contribution in [-0.4, -0.2) is 5.54 Å². The molecule has 0 saturated heterocycles. The number of rotatable bonds is 4. The maximum absolute atomic E-state index is 3.63. The van der Waals surface area contributed by atoms with Gasteiger partial charge in [-0.05, 0) is 26.0 Å². The first kappa shape index (κ1) is 8.54. The molecule has 0 aliphatic rings. The molecule has 0 radical (unpaired) electrons. The normalized spacial score (nSPS) is 11.0. The molecule has 0 spiro atoms. The lowest BCUT2D eigenvalue weighted by Crippen LogP contribution is -2.36. The zero-order chi connectivity index (χ0) is 7.33.